The lowest BCUT2D eigenvalue weighted by Crippen LogP contribution is -2.11. The minimum atomic E-state index is -0.580. The molecule has 1 aromatic carbocycles. The number of hydrogen-bond acceptors (Lipinski definition) is 7. The monoisotopic (exact) mass is 354 g/mol. The second-order valence-corrected chi connectivity index (χ2v) is 6.40. The molecule has 1 atom stereocenters. The van der Waals surface area contributed by atoms with E-state index in [1.165, 1.54) is 17.6 Å². The molecule has 0 radical (unpaired) electrons. The number of ether oxygens (including phenoxy) is 1. The number of carbonyl (C=O) groups is 1. The highest BCUT2D eigenvalue weighted by Gasteiger charge is 2.19. The minimum absolute atomic E-state index is 0.0272. The lowest BCUT2D eigenvalue weighted by Gasteiger charge is -2.08. The molecular formula is C18H14N2O4S. The second kappa shape index (κ2) is 6.52. The number of benzene rings is 1. The third kappa shape index (κ3) is 3.32. The van der Waals surface area contributed by atoms with Gasteiger partial charge < -0.3 is 13.6 Å². The van der Waals surface area contributed by atoms with Crippen LogP contribution >= 0.6 is 11.3 Å². The van der Waals surface area contributed by atoms with Gasteiger partial charge in [0.05, 0.1) is 17.0 Å². The highest BCUT2D eigenvalue weighted by molar-refractivity contribution is 7.13. The molecule has 0 amide bonds. The molecule has 3 heterocycles. The first-order valence-corrected chi connectivity index (χ1v) is 8.60. The van der Waals surface area contributed by atoms with E-state index in [-0.39, 0.29) is 6.42 Å². The summed E-state index contributed by atoms with van der Waals surface area (Å²) in [4.78, 5) is 21.7. The Kier molecular flexibility index (Phi) is 4.07. The molecule has 0 saturated carbocycles. The topological polar surface area (TPSA) is 78.4 Å². The van der Waals surface area contributed by atoms with Crippen LogP contribution in [0.3, 0.4) is 0 Å². The Morgan fingerprint density at radius 2 is 2.12 bits per heavy atom. The van der Waals surface area contributed by atoms with Gasteiger partial charge in [0.1, 0.15) is 11.8 Å². The van der Waals surface area contributed by atoms with Gasteiger partial charge in [-0.2, -0.15) is 0 Å². The Bertz CT molecular complexity index is 970. The first-order valence-electron chi connectivity index (χ1n) is 7.72. The van der Waals surface area contributed by atoms with Crippen molar-refractivity contribution in [3.8, 4) is 10.8 Å². The van der Waals surface area contributed by atoms with E-state index < -0.39 is 12.1 Å². The lowest BCUT2D eigenvalue weighted by molar-refractivity contribution is -0.148. The fourth-order valence-corrected chi connectivity index (χ4v) is 3.06. The smallest absolute Gasteiger partial charge is 0.312 e. The number of esters is 1. The fourth-order valence-electron chi connectivity index (χ4n) is 2.40. The number of carbonyl (C=O) groups excluding carboxylic acids is 1. The van der Waals surface area contributed by atoms with Crippen molar-refractivity contribution in [3.05, 3.63) is 59.6 Å². The van der Waals surface area contributed by atoms with Crippen LogP contribution in [0.1, 0.15) is 24.6 Å². The standard InChI is InChI=1S/C18H14N2O4S/c1-11(17-20-13-5-2-3-6-14(13)24-17)23-16(21)9-12-10-22-18(19-12)15-7-4-8-25-15/h2-8,10-11H,9H2,1H3. The molecule has 3 aromatic heterocycles. The number of aromatic nitrogens is 2. The average molecular weight is 354 g/mol. The fraction of sp³-hybridized carbons (Fsp3) is 0.167. The van der Waals surface area contributed by atoms with Gasteiger partial charge in [0.25, 0.3) is 0 Å². The third-order valence-corrected chi connectivity index (χ3v) is 4.43. The number of thiophene rings is 1. The molecule has 0 saturated heterocycles. The molecule has 0 bridgehead atoms. The summed E-state index contributed by atoms with van der Waals surface area (Å²) >= 11 is 1.53. The number of para-hydroxylation sites is 2. The van der Waals surface area contributed by atoms with Crippen molar-refractivity contribution >= 4 is 28.4 Å². The maximum Gasteiger partial charge on any atom is 0.312 e. The quantitative estimate of drug-likeness (QED) is 0.495. The van der Waals surface area contributed by atoms with Crippen molar-refractivity contribution in [3.63, 3.8) is 0 Å². The van der Waals surface area contributed by atoms with Gasteiger partial charge >= 0.3 is 5.97 Å². The largest absolute Gasteiger partial charge is 0.452 e. The summed E-state index contributed by atoms with van der Waals surface area (Å²) in [6, 6.07) is 11.2. The van der Waals surface area contributed by atoms with E-state index in [4.69, 9.17) is 13.6 Å². The Labute approximate surface area is 147 Å². The van der Waals surface area contributed by atoms with Gasteiger partial charge in [-0.1, -0.05) is 18.2 Å². The molecule has 126 valence electrons. The van der Waals surface area contributed by atoms with Crippen LogP contribution in [0, 0.1) is 0 Å². The Balaban J connectivity index is 1.41. The maximum atomic E-state index is 12.1. The average Bonchev–Trinajstić information content (AvgIpc) is 3.34. The SMILES string of the molecule is CC(OC(=O)Cc1coc(-c2cccs2)n1)c1nc2ccccc2o1. The van der Waals surface area contributed by atoms with E-state index in [2.05, 4.69) is 9.97 Å². The van der Waals surface area contributed by atoms with Crippen LogP contribution in [-0.2, 0) is 16.0 Å². The van der Waals surface area contributed by atoms with Crippen LogP contribution in [0.2, 0.25) is 0 Å². The van der Waals surface area contributed by atoms with Gasteiger partial charge in [0, 0.05) is 0 Å². The van der Waals surface area contributed by atoms with Gasteiger partial charge in [0.15, 0.2) is 11.7 Å². The van der Waals surface area contributed by atoms with E-state index in [9.17, 15) is 4.79 Å². The number of rotatable bonds is 5. The molecule has 0 fully saturated rings. The van der Waals surface area contributed by atoms with Crippen LogP contribution in [0.15, 0.2) is 56.9 Å². The molecule has 0 spiro atoms. The van der Waals surface area contributed by atoms with Crippen molar-refractivity contribution in [1.82, 2.24) is 9.97 Å². The molecule has 4 rings (SSSR count). The van der Waals surface area contributed by atoms with Crippen molar-refractivity contribution in [2.24, 2.45) is 0 Å². The van der Waals surface area contributed by atoms with E-state index in [1.807, 2.05) is 41.8 Å². The molecule has 6 nitrogen and oxygen atoms in total. The van der Waals surface area contributed by atoms with Gasteiger partial charge in [0.2, 0.25) is 11.8 Å². The molecule has 0 aliphatic carbocycles. The third-order valence-electron chi connectivity index (χ3n) is 3.58. The van der Waals surface area contributed by atoms with Crippen LogP contribution < -0.4 is 0 Å². The molecule has 25 heavy (non-hydrogen) atoms. The molecule has 1 unspecified atom stereocenters. The Hall–Kier alpha value is -2.93. The first kappa shape index (κ1) is 15.6. The van der Waals surface area contributed by atoms with Gasteiger partial charge in [-0.25, -0.2) is 9.97 Å². The minimum Gasteiger partial charge on any atom is -0.452 e. The van der Waals surface area contributed by atoms with Crippen LogP contribution in [-0.4, -0.2) is 15.9 Å². The van der Waals surface area contributed by atoms with Gasteiger partial charge in [-0.3, -0.25) is 4.79 Å². The Morgan fingerprint density at radius 1 is 1.24 bits per heavy atom. The van der Waals surface area contributed by atoms with Crippen molar-refractivity contribution in [2.45, 2.75) is 19.4 Å². The number of nitrogens with zero attached hydrogens (tertiary/aromatic N) is 2. The van der Waals surface area contributed by atoms with Crippen LogP contribution in [0.25, 0.3) is 21.9 Å². The van der Waals surface area contributed by atoms with Crippen molar-refractivity contribution in [2.75, 3.05) is 0 Å². The highest BCUT2D eigenvalue weighted by Crippen LogP contribution is 2.25. The molecule has 7 heteroatoms. The summed E-state index contributed by atoms with van der Waals surface area (Å²) in [7, 11) is 0. The summed E-state index contributed by atoms with van der Waals surface area (Å²) in [5.41, 5.74) is 1.92. The zero-order valence-electron chi connectivity index (χ0n) is 13.3. The number of hydrogen-bond donors (Lipinski definition) is 0. The molecule has 0 aliphatic rings. The lowest BCUT2D eigenvalue weighted by atomic mass is 10.3. The zero-order valence-corrected chi connectivity index (χ0v) is 14.2. The number of oxazole rings is 2. The molecule has 4 aromatic rings. The van der Waals surface area contributed by atoms with Crippen molar-refractivity contribution in [1.29, 1.82) is 0 Å². The van der Waals surface area contributed by atoms with Crippen LogP contribution in [0.5, 0.6) is 0 Å². The predicted molar refractivity (Wildman–Crippen MR) is 92.0 cm³/mol. The Morgan fingerprint density at radius 3 is 2.92 bits per heavy atom. The van der Waals surface area contributed by atoms with Crippen molar-refractivity contribution < 1.29 is 18.4 Å². The van der Waals surface area contributed by atoms with E-state index in [0.29, 0.717) is 23.1 Å². The zero-order chi connectivity index (χ0) is 17.2. The first-order chi connectivity index (χ1) is 12.2. The summed E-state index contributed by atoms with van der Waals surface area (Å²) in [5, 5.41) is 1.94. The normalized spacial score (nSPS) is 12.4. The van der Waals surface area contributed by atoms with Gasteiger partial charge in [-0.15, -0.1) is 11.3 Å². The maximum absolute atomic E-state index is 12.1. The summed E-state index contributed by atoms with van der Waals surface area (Å²) < 4.78 is 16.4. The summed E-state index contributed by atoms with van der Waals surface area (Å²) in [5.74, 6) is 0.458. The second-order valence-electron chi connectivity index (χ2n) is 5.45. The van der Waals surface area contributed by atoms with Crippen LogP contribution in [0.4, 0.5) is 0 Å². The number of fused-ring (bicyclic) bond motifs is 1. The highest BCUT2D eigenvalue weighted by atomic mass is 32.1. The molecule has 0 aliphatic heterocycles. The van der Waals surface area contributed by atoms with E-state index in [1.54, 1.807) is 6.92 Å². The van der Waals surface area contributed by atoms with E-state index in [0.717, 1.165) is 10.4 Å². The van der Waals surface area contributed by atoms with E-state index >= 15 is 0 Å². The molecule has 0 N–H and O–H groups in total. The van der Waals surface area contributed by atoms with Gasteiger partial charge in [-0.05, 0) is 30.5 Å². The predicted octanol–water partition coefficient (Wildman–Crippen LogP) is 4.39. The summed E-state index contributed by atoms with van der Waals surface area (Å²) in [6.45, 7) is 1.72. The molecular weight excluding hydrogens is 340 g/mol. The summed E-state index contributed by atoms with van der Waals surface area (Å²) in [6.07, 6.45) is 0.920.